The van der Waals surface area contributed by atoms with Gasteiger partial charge in [-0.25, -0.2) is 19.8 Å². The highest BCUT2D eigenvalue weighted by Crippen LogP contribution is 2.59. The maximum atomic E-state index is 14.8. The van der Waals surface area contributed by atoms with Gasteiger partial charge < -0.3 is 14.4 Å². The first-order chi connectivity index (χ1) is 20.5. The van der Waals surface area contributed by atoms with E-state index in [0.717, 1.165) is 5.01 Å². The fourth-order valence-electron chi connectivity index (χ4n) is 4.02. The van der Waals surface area contributed by atoms with Crippen LogP contribution in [0.25, 0.3) is 0 Å². The molecule has 11 nitrogen and oxygen atoms in total. The van der Waals surface area contributed by atoms with Gasteiger partial charge in [0.2, 0.25) is 0 Å². The fraction of sp³-hybridized carbons (Fsp3) is 0.161. The first kappa shape index (κ1) is 30.8. The van der Waals surface area contributed by atoms with Crippen LogP contribution in [0.5, 0.6) is 11.5 Å². The van der Waals surface area contributed by atoms with Crippen molar-refractivity contribution in [2.24, 2.45) is 0 Å². The normalized spacial score (nSPS) is 12.0. The molecule has 43 heavy (non-hydrogen) atoms. The summed E-state index contributed by atoms with van der Waals surface area (Å²) in [5, 5.41) is 15.4. The van der Waals surface area contributed by atoms with Crippen LogP contribution in [0.3, 0.4) is 0 Å². The molecule has 2 N–H and O–H groups in total. The third kappa shape index (κ3) is 7.99. The van der Waals surface area contributed by atoms with Crippen LogP contribution in [0.1, 0.15) is 42.5 Å². The van der Waals surface area contributed by atoms with Gasteiger partial charge in [-0.2, -0.15) is 0 Å². The number of rotatable bonds is 9. The number of urea groups is 1. The molecule has 0 saturated carbocycles. The largest absolute Gasteiger partial charge is 0.457 e. The molecule has 0 fully saturated rings. The molecule has 0 aliphatic carbocycles. The number of non-ortho nitro benzene ring substituents is 1. The van der Waals surface area contributed by atoms with Crippen molar-refractivity contribution in [1.82, 2.24) is 15.8 Å². The van der Waals surface area contributed by atoms with Crippen LogP contribution < -0.4 is 19.8 Å². The molecule has 0 bridgehead atoms. The summed E-state index contributed by atoms with van der Waals surface area (Å²) in [5.41, 5.74) is 1.79. The van der Waals surface area contributed by atoms with Gasteiger partial charge in [0.25, 0.3) is 11.6 Å². The van der Waals surface area contributed by atoms with Crippen molar-refractivity contribution in [3.8, 4) is 11.5 Å². The number of hydrogen-bond acceptors (Lipinski definition) is 7. The monoisotopic (exact) mass is 602 g/mol. The standard InChI is InChI=1S/C31H31N4O7P/c1-31(2,3)34(29(36)23-14-7-4-8-15-23)33-30(37)32-28(24-16-13-17-25(22-24)35(38)39)43(40,41-26-18-9-5-10-19-26)42-27-20-11-6-12-21-27/h4-22,28H,1-3H3,(H2,32,33,37). The van der Waals surface area contributed by atoms with E-state index in [1.807, 2.05) is 0 Å². The predicted molar refractivity (Wildman–Crippen MR) is 162 cm³/mol. The van der Waals surface area contributed by atoms with Crippen molar-refractivity contribution in [3.05, 3.63) is 137 Å². The van der Waals surface area contributed by atoms with Crippen molar-refractivity contribution in [1.29, 1.82) is 0 Å². The molecule has 1 unspecified atom stereocenters. The molecule has 0 radical (unpaired) electrons. The Bertz CT molecular complexity index is 1570. The number of hydrazine groups is 1. The number of hydrogen-bond donors (Lipinski definition) is 2. The molecule has 0 aromatic heterocycles. The highest BCUT2D eigenvalue weighted by atomic mass is 31.2. The first-order valence-corrected chi connectivity index (χ1v) is 14.9. The SMILES string of the molecule is CC(C)(C)N(NC(=O)NC(c1cccc([N+](=O)[O-])c1)P(=O)(Oc1ccccc1)Oc1ccccc1)C(=O)c1ccccc1. The maximum Gasteiger partial charge on any atom is 0.457 e. The van der Waals surface area contributed by atoms with Gasteiger partial charge >= 0.3 is 13.6 Å². The molecule has 12 heteroatoms. The van der Waals surface area contributed by atoms with Crippen LogP contribution in [0.4, 0.5) is 10.5 Å². The lowest BCUT2D eigenvalue weighted by Gasteiger charge is -2.36. The van der Waals surface area contributed by atoms with Crippen LogP contribution in [0.2, 0.25) is 0 Å². The van der Waals surface area contributed by atoms with Crippen LogP contribution >= 0.6 is 7.60 Å². The van der Waals surface area contributed by atoms with E-state index >= 15 is 0 Å². The minimum atomic E-state index is -4.46. The number of benzene rings is 4. The summed E-state index contributed by atoms with van der Waals surface area (Å²) in [6.45, 7) is 5.19. The highest BCUT2D eigenvalue weighted by Gasteiger charge is 2.43. The lowest BCUT2D eigenvalue weighted by molar-refractivity contribution is -0.384. The zero-order valence-electron chi connectivity index (χ0n) is 23.7. The van der Waals surface area contributed by atoms with Crippen molar-refractivity contribution in [2.45, 2.75) is 32.1 Å². The fourth-order valence-corrected chi connectivity index (χ4v) is 5.91. The number of nitro benzene ring substituents is 1. The summed E-state index contributed by atoms with van der Waals surface area (Å²) in [4.78, 5) is 38.0. The first-order valence-electron chi connectivity index (χ1n) is 13.3. The van der Waals surface area contributed by atoms with Gasteiger partial charge in [0.1, 0.15) is 11.5 Å². The van der Waals surface area contributed by atoms with Crippen LogP contribution in [-0.2, 0) is 4.57 Å². The van der Waals surface area contributed by atoms with E-state index in [2.05, 4.69) is 10.7 Å². The second kappa shape index (κ2) is 13.2. The topological polar surface area (TPSA) is 140 Å². The Balaban J connectivity index is 1.76. The van der Waals surface area contributed by atoms with E-state index in [1.54, 1.807) is 112 Å². The molecular weight excluding hydrogens is 571 g/mol. The molecule has 4 aromatic carbocycles. The molecule has 4 aromatic rings. The van der Waals surface area contributed by atoms with E-state index in [4.69, 9.17) is 9.05 Å². The highest BCUT2D eigenvalue weighted by molar-refractivity contribution is 7.55. The third-order valence-electron chi connectivity index (χ3n) is 6.04. The second-order valence-corrected chi connectivity index (χ2v) is 12.3. The Hall–Kier alpha value is -5.15. The molecular formula is C31H31N4O7P. The van der Waals surface area contributed by atoms with Gasteiger partial charge in [-0.3, -0.25) is 14.9 Å². The Morgan fingerprint density at radius 2 is 1.33 bits per heavy atom. The Morgan fingerprint density at radius 3 is 1.81 bits per heavy atom. The zero-order chi connectivity index (χ0) is 31.0. The lowest BCUT2D eigenvalue weighted by Crippen LogP contribution is -2.58. The summed E-state index contributed by atoms with van der Waals surface area (Å²) in [7, 11) is -4.46. The number of carbonyl (C=O) groups excluding carboxylic acids is 2. The molecule has 0 heterocycles. The Labute approximate surface area is 249 Å². The van der Waals surface area contributed by atoms with Crippen molar-refractivity contribution >= 4 is 25.2 Å². The summed E-state index contributed by atoms with van der Waals surface area (Å²) >= 11 is 0. The van der Waals surface area contributed by atoms with Crippen molar-refractivity contribution < 1.29 is 28.1 Å². The van der Waals surface area contributed by atoms with Gasteiger partial charge in [0, 0.05) is 17.7 Å². The van der Waals surface area contributed by atoms with Gasteiger partial charge in [-0.05, 0) is 62.7 Å². The minimum Gasteiger partial charge on any atom is -0.414 e. The lowest BCUT2D eigenvalue weighted by atomic mass is 10.1. The predicted octanol–water partition coefficient (Wildman–Crippen LogP) is 7.10. The molecule has 0 spiro atoms. The summed E-state index contributed by atoms with van der Waals surface area (Å²) in [6.07, 6.45) is 0. The minimum absolute atomic E-state index is 0.0799. The van der Waals surface area contributed by atoms with Gasteiger partial charge in [-0.15, -0.1) is 0 Å². The van der Waals surface area contributed by atoms with Crippen LogP contribution in [0.15, 0.2) is 115 Å². The molecule has 3 amide bonds. The van der Waals surface area contributed by atoms with Crippen molar-refractivity contribution in [2.75, 3.05) is 0 Å². The molecule has 0 saturated heterocycles. The van der Waals surface area contributed by atoms with E-state index in [0.29, 0.717) is 5.56 Å². The second-order valence-electron chi connectivity index (χ2n) is 10.4. The molecule has 0 aliphatic rings. The quantitative estimate of drug-likeness (QED) is 0.118. The van der Waals surface area contributed by atoms with Crippen molar-refractivity contribution in [3.63, 3.8) is 0 Å². The Morgan fingerprint density at radius 1 is 0.814 bits per heavy atom. The van der Waals surface area contributed by atoms with Crippen LogP contribution in [-0.4, -0.2) is 27.4 Å². The zero-order valence-corrected chi connectivity index (χ0v) is 24.6. The number of nitro groups is 1. The summed E-state index contributed by atoms with van der Waals surface area (Å²) < 4.78 is 26.7. The third-order valence-corrected chi connectivity index (χ3v) is 8.03. The van der Waals surface area contributed by atoms with Gasteiger partial charge in [0.15, 0.2) is 5.78 Å². The average Bonchev–Trinajstić information content (AvgIpc) is 2.99. The molecule has 4 rings (SSSR count). The van der Waals surface area contributed by atoms with Gasteiger partial charge in [-0.1, -0.05) is 66.7 Å². The number of amides is 3. The number of para-hydroxylation sites is 2. The van der Waals surface area contributed by atoms with Crippen LogP contribution in [0, 0.1) is 10.1 Å². The van der Waals surface area contributed by atoms with E-state index < -0.39 is 35.8 Å². The number of nitrogens with zero attached hydrogens (tertiary/aromatic N) is 2. The molecule has 0 aliphatic heterocycles. The number of carbonyl (C=O) groups is 2. The summed E-state index contributed by atoms with van der Waals surface area (Å²) in [6, 6.07) is 29.2. The Kier molecular flexibility index (Phi) is 9.47. The number of nitrogens with one attached hydrogen (secondary N) is 2. The smallest absolute Gasteiger partial charge is 0.414 e. The van der Waals surface area contributed by atoms with Gasteiger partial charge in [0.05, 0.1) is 10.5 Å². The average molecular weight is 603 g/mol. The van der Waals surface area contributed by atoms with E-state index in [1.165, 1.54) is 24.3 Å². The van der Waals surface area contributed by atoms with E-state index in [9.17, 15) is 24.3 Å². The summed E-state index contributed by atoms with van der Waals surface area (Å²) in [5.74, 6) is -1.69. The maximum absolute atomic E-state index is 14.8. The molecule has 222 valence electrons. The van der Waals surface area contributed by atoms with E-state index in [-0.39, 0.29) is 22.7 Å². The molecule has 1 atom stereocenters.